The van der Waals surface area contributed by atoms with E-state index in [4.69, 9.17) is 0 Å². The largest absolute Gasteiger partial charge is 0.310 e. The predicted octanol–water partition coefficient (Wildman–Crippen LogP) is 4.01. The molecule has 1 fully saturated rings. The van der Waals surface area contributed by atoms with E-state index in [0.717, 1.165) is 18.2 Å². The molecule has 0 saturated heterocycles. The van der Waals surface area contributed by atoms with Gasteiger partial charge in [0.05, 0.1) is 0 Å². The molecule has 1 aliphatic rings. The first-order valence-corrected chi connectivity index (χ1v) is 7.45. The summed E-state index contributed by atoms with van der Waals surface area (Å²) in [6.07, 6.45) is 10.2. The molecule has 1 aliphatic carbocycles. The van der Waals surface area contributed by atoms with E-state index >= 15 is 0 Å². The molecule has 2 nitrogen and oxygen atoms in total. The SMILES string of the molecule is CCCNC(CC1CCCC1)c1ccnc(C)c1. The minimum atomic E-state index is 0.523. The fourth-order valence-corrected chi connectivity index (χ4v) is 3.02. The Bertz CT molecular complexity index is 356. The van der Waals surface area contributed by atoms with Gasteiger partial charge in [0.1, 0.15) is 0 Å². The summed E-state index contributed by atoms with van der Waals surface area (Å²) in [5, 5.41) is 3.71. The van der Waals surface area contributed by atoms with Crippen LogP contribution in [-0.4, -0.2) is 11.5 Å². The Kier molecular flexibility index (Phi) is 5.18. The second-order valence-electron chi connectivity index (χ2n) is 5.62. The molecule has 0 spiro atoms. The molecule has 1 unspecified atom stereocenters. The summed E-state index contributed by atoms with van der Waals surface area (Å²) in [7, 11) is 0. The number of nitrogens with zero attached hydrogens (tertiary/aromatic N) is 1. The monoisotopic (exact) mass is 246 g/mol. The highest BCUT2D eigenvalue weighted by Gasteiger charge is 2.21. The standard InChI is InChI=1S/C16H26N2/c1-3-9-18-16(12-14-6-4-5-7-14)15-8-10-17-13(2)11-15/h8,10-11,14,16,18H,3-7,9,12H2,1-2H3. The van der Waals surface area contributed by atoms with Gasteiger partial charge in [-0.15, -0.1) is 0 Å². The van der Waals surface area contributed by atoms with E-state index in [-0.39, 0.29) is 0 Å². The van der Waals surface area contributed by atoms with Crippen molar-refractivity contribution in [2.24, 2.45) is 5.92 Å². The summed E-state index contributed by atoms with van der Waals surface area (Å²) in [5.41, 5.74) is 2.55. The number of hydrogen-bond acceptors (Lipinski definition) is 2. The number of pyridine rings is 1. The van der Waals surface area contributed by atoms with Crippen molar-refractivity contribution in [1.82, 2.24) is 10.3 Å². The first-order valence-electron chi connectivity index (χ1n) is 7.45. The molecule has 0 aliphatic heterocycles. The zero-order chi connectivity index (χ0) is 12.8. The second kappa shape index (κ2) is 6.89. The van der Waals surface area contributed by atoms with Gasteiger partial charge in [0, 0.05) is 17.9 Å². The highest BCUT2D eigenvalue weighted by Crippen LogP contribution is 2.33. The van der Waals surface area contributed by atoms with Crippen LogP contribution in [0, 0.1) is 12.8 Å². The Balaban J connectivity index is 2.03. The van der Waals surface area contributed by atoms with Gasteiger partial charge in [-0.05, 0) is 49.9 Å². The average molecular weight is 246 g/mol. The predicted molar refractivity (Wildman–Crippen MR) is 76.6 cm³/mol. The Hall–Kier alpha value is -0.890. The molecule has 1 heterocycles. The fourth-order valence-electron chi connectivity index (χ4n) is 3.02. The van der Waals surface area contributed by atoms with Gasteiger partial charge < -0.3 is 5.32 Å². The van der Waals surface area contributed by atoms with Crippen molar-refractivity contribution in [2.45, 2.75) is 58.4 Å². The fraction of sp³-hybridized carbons (Fsp3) is 0.688. The third-order valence-electron chi connectivity index (χ3n) is 4.01. The van der Waals surface area contributed by atoms with Crippen molar-refractivity contribution in [3.05, 3.63) is 29.6 Å². The Labute approximate surface area is 111 Å². The minimum Gasteiger partial charge on any atom is -0.310 e. The number of rotatable bonds is 6. The zero-order valence-electron chi connectivity index (χ0n) is 11.8. The van der Waals surface area contributed by atoms with Crippen LogP contribution in [0.25, 0.3) is 0 Å². The van der Waals surface area contributed by atoms with Crippen LogP contribution in [0.2, 0.25) is 0 Å². The Morgan fingerprint density at radius 1 is 1.39 bits per heavy atom. The van der Waals surface area contributed by atoms with E-state index in [1.807, 2.05) is 6.20 Å². The van der Waals surface area contributed by atoms with Crippen LogP contribution in [0.3, 0.4) is 0 Å². The highest BCUT2D eigenvalue weighted by atomic mass is 14.9. The van der Waals surface area contributed by atoms with E-state index < -0.39 is 0 Å². The van der Waals surface area contributed by atoms with Crippen molar-refractivity contribution in [1.29, 1.82) is 0 Å². The summed E-state index contributed by atoms with van der Waals surface area (Å²) in [6.45, 7) is 5.42. The lowest BCUT2D eigenvalue weighted by molar-refractivity contribution is 0.395. The minimum absolute atomic E-state index is 0.523. The van der Waals surface area contributed by atoms with Crippen molar-refractivity contribution in [3.8, 4) is 0 Å². The van der Waals surface area contributed by atoms with Gasteiger partial charge in [0.25, 0.3) is 0 Å². The lowest BCUT2D eigenvalue weighted by Gasteiger charge is -2.22. The molecule has 0 amide bonds. The van der Waals surface area contributed by atoms with Crippen molar-refractivity contribution < 1.29 is 0 Å². The van der Waals surface area contributed by atoms with Crippen LogP contribution in [0.5, 0.6) is 0 Å². The summed E-state index contributed by atoms with van der Waals surface area (Å²) < 4.78 is 0. The maximum atomic E-state index is 4.31. The lowest BCUT2D eigenvalue weighted by atomic mass is 9.93. The normalized spacial score (nSPS) is 18.1. The van der Waals surface area contributed by atoms with E-state index in [2.05, 4.69) is 36.3 Å². The average Bonchev–Trinajstić information content (AvgIpc) is 2.87. The third kappa shape index (κ3) is 3.81. The van der Waals surface area contributed by atoms with Gasteiger partial charge in [0.15, 0.2) is 0 Å². The quantitative estimate of drug-likeness (QED) is 0.820. The zero-order valence-corrected chi connectivity index (χ0v) is 11.8. The number of hydrogen-bond donors (Lipinski definition) is 1. The highest BCUT2D eigenvalue weighted by molar-refractivity contribution is 5.19. The molecule has 2 rings (SSSR count). The number of aromatic nitrogens is 1. The molecule has 1 aromatic rings. The molecule has 1 N–H and O–H groups in total. The second-order valence-corrected chi connectivity index (χ2v) is 5.62. The number of aryl methyl sites for hydroxylation is 1. The number of nitrogens with one attached hydrogen (secondary N) is 1. The van der Waals surface area contributed by atoms with Gasteiger partial charge in [-0.1, -0.05) is 32.6 Å². The summed E-state index contributed by atoms with van der Waals surface area (Å²) in [5.74, 6) is 0.924. The Morgan fingerprint density at radius 3 is 2.83 bits per heavy atom. The van der Waals surface area contributed by atoms with Gasteiger partial charge in [-0.3, -0.25) is 4.98 Å². The molecular weight excluding hydrogens is 220 g/mol. The van der Waals surface area contributed by atoms with Gasteiger partial charge >= 0.3 is 0 Å². The van der Waals surface area contributed by atoms with Crippen LogP contribution in [-0.2, 0) is 0 Å². The van der Waals surface area contributed by atoms with E-state index in [1.165, 1.54) is 44.1 Å². The van der Waals surface area contributed by atoms with E-state index in [1.54, 1.807) is 0 Å². The summed E-state index contributed by atoms with van der Waals surface area (Å²) in [4.78, 5) is 4.31. The molecule has 1 saturated carbocycles. The first kappa shape index (κ1) is 13.5. The molecular formula is C16H26N2. The lowest BCUT2D eigenvalue weighted by Crippen LogP contribution is -2.24. The molecule has 0 radical (unpaired) electrons. The maximum Gasteiger partial charge on any atom is 0.0375 e. The molecule has 0 aromatic carbocycles. The van der Waals surface area contributed by atoms with Crippen molar-refractivity contribution >= 4 is 0 Å². The molecule has 2 heteroatoms. The molecule has 1 atom stereocenters. The maximum absolute atomic E-state index is 4.31. The van der Waals surface area contributed by atoms with Gasteiger partial charge in [0.2, 0.25) is 0 Å². The van der Waals surface area contributed by atoms with Crippen LogP contribution >= 0.6 is 0 Å². The van der Waals surface area contributed by atoms with Crippen LogP contribution in [0.1, 0.15) is 62.7 Å². The molecule has 18 heavy (non-hydrogen) atoms. The summed E-state index contributed by atoms with van der Waals surface area (Å²) in [6, 6.07) is 4.94. The van der Waals surface area contributed by atoms with Crippen molar-refractivity contribution in [2.75, 3.05) is 6.54 Å². The van der Waals surface area contributed by atoms with Gasteiger partial charge in [-0.25, -0.2) is 0 Å². The topological polar surface area (TPSA) is 24.9 Å². The molecule has 100 valence electrons. The van der Waals surface area contributed by atoms with E-state index in [9.17, 15) is 0 Å². The smallest absolute Gasteiger partial charge is 0.0375 e. The van der Waals surface area contributed by atoms with Gasteiger partial charge in [-0.2, -0.15) is 0 Å². The van der Waals surface area contributed by atoms with Crippen LogP contribution in [0.4, 0.5) is 0 Å². The summed E-state index contributed by atoms with van der Waals surface area (Å²) >= 11 is 0. The first-order chi connectivity index (χ1) is 8.79. The van der Waals surface area contributed by atoms with Crippen LogP contribution in [0.15, 0.2) is 18.3 Å². The van der Waals surface area contributed by atoms with Crippen LogP contribution < -0.4 is 5.32 Å². The Morgan fingerprint density at radius 2 is 2.17 bits per heavy atom. The molecule has 1 aromatic heterocycles. The van der Waals surface area contributed by atoms with E-state index in [0.29, 0.717) is 6.04 Å². The van der Waals surface area contributed by atoms with Crippen molar-refractivity contribution in [3.63, 3.8) is 0 Å². The molecule has 0 bridgehead atoms. The third-order valence-corrected chi connectivity index (χ3v) is 4.01.